The molecule has 0 atom stereocenters. The van der Waals surface area contributed by atoms with Crippen molar-refractivity contribution in [3.8, 4) is 11.5 Å². The SMILES string of the molecule is CCc1cc(OS(=O)(=O)c2ccccc2Cl)c(OC)c(C2CCNCC2)c1.Cl. The van der Waals surface area contributed by atoms with E-state index in [4.69, 9.17) is 20.5 Å². The van der Waals surface area contributed by atoms with Crippen LogP contribution in [0.1, 0.15) is 36.8 Å². The Morgan fingerprint density at radius 3 is 2.46 bits per heavy atom. The molecule has 2 aromatic carbocycles. The van der Waals surface area contributed by atoms with Crippen LogP contribution in [0, 0.1) is 0 Å². The van der Waals surface area contributed by atoms with Crippen LogP contribution in [0.4, 0.5) is 0 Å². The fourth-order valence-electron chi connectivity index (χ4n) is 3.41. The van der Waals surface area contributed by atoms with E-state index in [1.807, 2.05) is 6.92 Å². The summed E-state index contributed by atoms with van der Waals surface area (Å²) in [6, 6.07) is 10.1. The van der Waals surface area contributed by atoms with Gasteiger partial charge in [-0.05, 0) is 62.0 Å². The highest BCUT2D eigenvalue weighted by Crippen LogP contribution is 2.41. The maximum atomic E-state index is 12.8. The zero-order valence-electron chi connectivity index (χ0n) is 15.9. The summed E-state index contributed by atoms with van der Waals surface area (Å²) < 4.78 is 36.7. The van der Waals surface area contributed by atoms with Gasteiger partial charge in [-0.1, -0.05) is 36.7 Å². The highest BCUT2D eigenvalue weighted by molar-refractivity contribution is 7.87. The molecule has 8 heteroatoms. The third-order valence-corrected chi connectivity index (χ3v) is 6.58. The highest BCUT2D eigenvalue weighted by Gasteiger charge is 2.26. The van der Waals surface area contributed by atoms with E-state index in [9.17, 15) is 8.42 Å². The van der Waals surface area contributed by atoms with Gasteiger partial charge < -0.3 is 14.2 Å². The van der Waals surface area contributed by atoms with Crippen LogP contribution in [-0.4, -0.2) is 28.6 Å². The monoisotopic (exact) mass is 445 g/mol. The summed E-state index contributed by atoms with van der Waals surface area (Å²) in [5, 5.41) is 3.48. The second-order valence-electron chi connectivity index (χ2n) is 6.56. The molecule has 0 amide bonds. The standard InChI is InChI=1S/C20H24ClNO4S.ClH/c1-3-14-12-16(15-8-10-22-11-9-15)20(25-2)18(13-14)26-27(23,24)19-7-5-4-6-17(19)21;/h4-7,12-13,15,22H,3,8-11H2,1-2H3;1H. The minimum atomic E-state index is -4.07. The molecule has 1 saturated heterocycles. The van der Waals surface area contributed by atoms with Crippen molar-refractivity contribution < 1.29 is 17.3 Å². The molecule has 0 unspecified atom stereocenters. The maximum absolute atomic E-state index is 12.8. The molecule has 1 aliphatic heterocycles. The third kappa shape index (κ3) is 4.92. The first-order chi connectivity index (χ1) is 13.0. The van der Waals surface area contributed by atoms with Crippen LogP contribution in [0.3, 0.4) is 0 Å². The lowest BCUT2D eigenvalue weighted by Gasteiger charge is -2.26. The molecule has 1 N–H and O–H groups in total. The van der Waals surface area contributed by atoms with Crippen molar-refractivity contribution in [2.24, 2.45) is 0 Å². The first kappa shape index (κ1) is 22.8. The van der Waals surface area contributed by atoms with Crippen molar-refractivity contribution in [3.05, 3.63) is 52.5 Å². The molecule has 1 heterocycles. The van der Waals surface area contributed by atoms with Crippen molar-refractivity contribution in [3.63, 3.8) is 0 Å². The van der Waals surface area contributed by atoms with E-state index in [2.05, 4.69) is 11.4 Å². The summed E-state index contributed by atoms with van der Waals surface area (Å²) >= 11 is 6.06. The lowest BCUT2D eigenvalue weighted by molar-refractivity contribution is 0.372. The zero-order valence-corrected chi connectivity index (χ0v) is 18.3. The van der Waals surface area contributed by atoms with E-state index >= 15 is 0 Å². The smallest absolute Gasteiger partial charge is 0.340 e. The van der Waals surface area contributed by atoms with Gasteiger partial charge in [-0.3, -0.25) is 0 Å². The van der Waals surface area contributed by atoms with Gasteiger partial charge in [-0.15, -0.1) is 12.4 Å². The predicted octanol–water partition coefficient (Wildman–Crippen LogP) is 4.57. The Balaban J connectivity index is 0.00000280. The number of ether oxygens (including phenoxy) is 1. The first-order valence-corrected chi connectivity index (χ1v) is 10.9. The molecular formula is C20H25Cl2NO4S. The van der Waals surface area contributed by atoms with E-state index in [1.165, 1.54) is 12.1 Å². The Hall–Kier alpha value is -1.47. The molecule has 0 bridgehead atoms. The van der Waals surface area contributed by atoms with Gasteiger partial charge in [0.1, 0.15) is 4.90 Å². The molecule has 1 fully saturated rings. The minimum Gasteiger partial charge on any atom is -0.492 e. The topological polar surface area (TPSA) is 64.6 Å². The third-order valence-electron chi connectivity index (χ3n) is 4.84. The van der Waals surface area contributed by atoms with E-state index in [0.717, 1.165) is 43.5 Å². The van der Waals surface area contributed by atoms with Crippen LogP contribution >= 0.6 is 24.0 Å². The summed E-state index contributed by atoms with van der Waals surface area (Å²) in [6.45, 7) is 3.89. The quantitative estimate of drug-likeness (QED) is 0.659. The molecule has 1 aliphatic rings. The fraction of sp³-hybridized carbons (Fsp3) is 0.400. The van der Waals surface area contributed by atoms with Gasteiger partial charge in [0.15, 0.2) is 11.5 Å². The summed E-state index contributed by atoms with van der Waals surface area (Å²) in [4.78, 5) is -0.0564. The van der Waals surface area contributed by atoms with E-state index in [-0.39, 0.29) is 28.1 Å². The fourth-order valence-corrected chi connectivity index (χ4v) is 4.84. The lowest BCUT2D eigenvalue weighted by Crippen LogP contribution is -2.27. The van der Waals surface area contributed by atoms with Crippen LogP contribution in [0.5, 0.6) is 11.5 Å². The maximum Gasteiger partial charge on any atom is 0.340 e. The Bertz CT molecular complexity index is 912. The van der Waals surface area contributed by atoms with Crippen LogP contribution in [-0.2, 0) is 16.5 Å². The summed E-state index contributed by atoms with van der Waals surface area (Å²) in [7, 11) is -2.53. The van der Waals surface area contributed by atoms with E-state index in [1.54, 1.807) is 25.3 Å². The lowest BCUT2D eigenvalue weighted by atomic mass is 9.88. The molecule has 0 aromatic heterocycles. The summed E-state index contributed by atoms with van der Waals surface area (Å²) in [6.07, 6.45) is 2.71. The van der Waals surface area contributed by atoms with Gasteiger partial charge in [0.05, 0.1) is 12.1 Å². The number of benzene rings is 2. The number of halogens is 2. The Kier molecular flexibility index (Phi) is 8.01. The van der Waals surface area contributed by atoms with Crippen LogP contribution < -0.4 is 14.2 Å². The molecule has 2 aromatic rings. The molecule has 0 aliphatic carbocycles. The average Bonchev–Trinajstić information content (AvgIpc) is 2.68. The molecule has 5 nitrogen and oxygen atoms in total. The summed E-state index contributed by atoms with van der Waals surface area (Å²) in [5.74, 6) is 0.998. The second-order valence-corrected chi connectivity index (χ2v) is 8.48. The van der Waals surface area contributed by atoms with Crippen molar-refractivity contribution in [2.45, 2.75) is 37.0 Å². The first-order valence-electron chi connectivity index (χ1n) is 9.06. The second kappa shape index (κ2) is 9.83. The van der Waals surface area contributed by atoms with Crippen molar-refractivity contribution >= 4 is 34.1 Å². The number of rotatable bonds is 6. The van der Waals surface area contributed by atoms with Gasteiger partial charge in [0.25, 0.3) is 0 Å². The number of methoxy groups -OCH3 is 1. The Labute approximate surface area is 177 Å². The Morgan fingerprint density at radius 2 is 1.86 bits per heavy atom. The van der Waals surface area contributed by atoms with Crippen LogP contribution in [0.25, 0.3) is 0 Å². The predicted molar refractivity (Wildman–Crippen MR) is 114 cm³/mol. The molecule has 0 radical (unpaired) electrons. The van der Waals surface area contributed by atoms with Gasteiger partial charge >= 0.3 is 10.1 Å². The number of piperidine rings is 1. The molecule has 0 spiro atoms. The zero-order chi connectivity index (χ0) is 19.4. The highest BCUT2D eigenvalue weighted by atomic mass is 35.5. The largest absolute Gasteiger partial charge is 0.492 e. The van der Waals surface area contributed by atoms with E-state index in [0.29, 0.717) is 11.7 Å². The number of hydrogen-bond donors (Lipinski definition) is 1. The van der Waals surface area contributed by atoms with Crippen LogP contribution in [0.15, 0.2) is 41.3 Å². The molecule has 3 rings (SSSR count). The number of hydrogen-bond acceptors (Lipinski definition) is 5. The van der Waals surface area contributed by atoms with Crippen molar-refractivity contribution in [1.29, 1.82) is 0 Å². The van der Waals surface area contributed by atoms with Gasteiger partial charge in [-0.25, -0.2) is 0 Å². The van der Waals surface area contributed by atoms with E-state index < -0.39 is 10.1 Å². The summed E-state index contributed by atoms with van der Waals surface area (Å²) in [5.41, 5.74) is 2.01. The van der Waals surface area contributed by atoms with Crippen LogP contribution in [0.2, 0.25) is 5.02 Å². The average molecular weight is 446 g/mol. The number of aryl methyl sites for hydroxylation is 1. The van der Waals surface area contributed by atoms with Gasteiger partial charge in [0.2, 0.25) is 0 Å². The molecule has 28 heavy (non-hydrogen) atoms. The normalized spacial score (nSPS) is 15.0. The molecular weight excluding hydrogens is 421 g/mol. The molecule has 154 valence electrons. The van der Waals surface area contributed by atoms with Gasteiger partial charge in [0, 0.05) is 5.56 Å². The minimum absolute atomic E-state index is 0. The van der Waals surface area contributed by atoms with Gasteiger partial charge in [-0.2, -0.15) is 8.42 Å². The number of nitrogens with one attached hydrogen (secondary N) is 1. The van der Waals surface area contributed by atoms with Crippen molar-refractivity contribution in [1.82, 2.24) is 5.32 Å². The van der Waals surface area contributed by atoms with Crippen molar-refractivity contribution in [2.75, 3.05) is 20.2 Å². The Morgan fingerprint density at radius 1 is 1.18 bits per heavy atom. The molecule has 0 saturated carbocycles.